The number of fused-ring (bicyclic) bond motifs is 1. The van der Waals surface area contributed by atoms with Crippen LogP contribution < -0.4 is 20.1 Å². The Balaban J connectivity index is 1.43. The first kappa shape index (κ1) is 23.1. The SMILES string of the molecule is COc1ccc(NC(=O)C2CCN(S(=O)(=O)c3cc4c(cc3C)NC(=O)[C@H](C)O4)CC2)cc1. The fourth-order valence-corrected chi connectivity index (χ4v) is 5.73. The number of hydrogen-bond donors (Lipinski definition) is 2. The van der Waals surface area contributed by atoms with Crippen molar-refractivity contribution >= 4 is 33.2 Å². The van der Waals surface area contributed by atoms with E-state index in [1.807, 2.05) is 0 Å². The predicted octanol–water partition coefficient (Wildman–Crippen LogP) is 2.76. The Labute approximate surface area is 193 Å². The number of benzene rings is 2. The van der Waals surface area contributed by atoms with Crippen LogP contribution in [-0.2, 0) is 19.6 Å². The molecule has 2 amide bonds. The van der Waals surface area contributed by atoms with Crippen molar-refractivity contribution < 1.29 is 27.5 Å². The van der Waals surface area contributed by atoms with Crippen LogP contribution in [0.3, 0.4) is 0 Å². The van der Waals surface area contributed by atoms with Crippen LogP contribution in [-0.4, -0.2) is 50.8 Å². The van der Waals surface area contributed by atoms with E-state index in [9.17, 15) is 18.0 Å². The molecular weight excluding hydrogens is 446 g/mol. The van der Waals surface area contributed by atoms with Gasteiger partial charge in [0.2, 0.25) is 15.9 Å². The molecule has 1 saturated heterocycles. The summed E-state index contributed by atoms with van der Waals surface area (Å²) in [5.74, 6) is 0.363. The number of carbonyl (C=O) groups excluding carboxylic acids is 2. The number of sulfonamides is 1. The van der Waals surface area contributed by atoms with Crippen molar-refractivity contribution in [1.82, 2.24) is 4.31 Å². The third kappa shape index (κ3) is 4.67. The van der Waals surface area contributed by atoms with Crippen LogP contribution in [0.2, 0.25) is 0 Å². The molecule has 33 heavy (non-hydrogen) atoms. The molecule has 2 heterocycles. The molecular formula is C23H27N3O6S. The summed E-state index contributed by atoms with van der Waals surface area (Å²) < 4.78 is 38.8. The molecule has 0 unspecified atom stereocenters. The fraction of sp³-hybridized carbons (Fsp3) is 0.391. The summed E-state index contributed by atoms with van der Waals surface area (Å²) >= 11 is 0. The van der Waals surface area contributed by atoms with Crippen LogP contribution in [0, 0.1) is 12.8 Å². The molecule has 0 bridgehead atoms. The highest BCUT2D eigenvalue weighted by atomic mass is 32.2. The molecule has 1 fully saturated rings. The van der Waals surface area contributed by atoms with E-state index in [0.717, 1.165) is 0 Å². The number of methoxy groups -OCH3 is 1. The number of amides is 2. The Morgan fingerprint density at radius 1 is 1.18 bits per heavy atom. The van der Waals surface area contributed by atoms with Crippen molar-refractivity contribution in [3.8, 4) is 11.5 Å². The topological polar surface area (TPSA) is 114 Å². The first-order valence-electron chi connectivity index (χ1n) is 10.8. The number of nitrogens with one attached hydrogen (secondary N) is 2. The predicted molar refractivity (Wildman–Crippen MR) is 123 cm³/mol. The summed E-state index contributed by atoms with van der Waals surface area (Å²) in [4.78, 5) is 24.6. The normalized spacial score (nSPS) is 19.2. The molecule has 0 aromatic heterocycles. The monoisotopic (exact) mass is 473 g/mol. The average molecular weight is 474 g/mol. The number of hydrogen-bond acceptors (Lipinski definition) is 6. The van der Waals surface area contributed by atoms with Crippen molar-refractivity contribution in [2.24, 2.45) is 5.92 Å². The molecule has 9 nitrogen and oxygen atoms in total. The smallest absolute Gasteiger partial charge is 0.265 e. The lowest BCUT2D eigenvalue weighted by atomic mass is 9.97. The second-order valence-corrected chi connectivity index (χ2v) is 10.2. The minimum atomic E-state index is -3.78. The van der Waals surface area contributed by atoms with E-state index in [1.165, 1.54) is 10.4 Å². The largest absolute Gasteiger partial charge is 0.497 e. The molecule has 2 aliphatic rings. The van der Waals surface area contributed by atoms with Gasteiger partial charge in [0, 0.05) is 30.8 Å². The Morgan fingerprint density at radius 2 is 1.85 bits per heavy atom. The number of carbonyl (C=O) groups is 2. The van der Waals surface area contributed by atoms with Gasteiger partial charge in [-0.25, -0.2) is 8.42 Å². The Hall–Kier alpha value is -3.11. The van der Waals surface area contributed by atoms with E-state index in [-0.39, 0.29) is 35.7 Å². The molecule has 176 valence electrons. The molecule has 4 rings (SSSR count). The highest BCUT2D eigenvalue weighted by Crippen LogP contribution is 2.36. The van der Waals surface area contributed by atoms with Gasteiger partial charge in [0.05, 0.1) is 17.7 Å². The van der Waals surface area contributed by atoms with Gasteiger partial charge in [0.25, 0.3) is 5.91 Å². The van der Waals surface area contributed by atoms with E-state index >= 15 is 0 Å². The fourth-order valence-electron chi connectivity index (χ4n) is 4.04. The lowest BCUT2D eigenvalue weighted by molar-refractivity contribution is -0.123. The quantitative estimate of drug-likeness (QED) is 0.690. The minimum Gasteiger partial charge on any atom is -0.497 e. The second-order valence-electron chi connectivity index (χ2n) is 8.26. The van der Waals surface area contributed by atoms with Crippen LogP contribution in [0.15, 0.2) is 41.3 Å². The van der Waals surface area contributed by atoms with Crippen molar-refractivity contribution in [2.45, 2.75) is 37.7 Å². The first-order chi connectivity index (χ1) is 15.7. The summed E-state index contributed by atoms with van der Waals surface area (Å²) in [7, 11) is -2.20. The zero-order chi connectivity index (χ0) is 23.8. The van der Waals surface area contributed by atoms with Crippen LogP contribution in [0.4, 0.5) is 11.4 Å². The maximum absolute atomic E-state index is 13.3. The van der Waals surface area contributed by atoms with Crippen LogP contribution in [0.1, 0.15) is 25.3 Å². The van der Waals surface area contributed by atoms with Gasteiger partial charge < -0.3 is 20.1 Å². The van der Waals surface area contributed by atoms with Gasteiger partial charge in [-0.1, -0.05) is 0 Å². The molecule has 0 saturated carbocycles. The van der Waals surface area contributed by atoms with Gasteiger partial charge >= 0.3 is 0 Å². The Bertz CT molecular complexity index is 1170. The number of rotatable bonds is 5. The molecule has 0 spiro atoms. The van der Waals surface area contributed by atoms with Crippen molar-refractivity contribution in [3.63, 3.8) is 0 Å². The minimum absolute atomic E-state index is 0.125. The number of aryl methyl sites for hydroxylation is 1. The van der Waals surface area contributed by atoms with E-state index < -0.39 is 16.1 Å². The highest BCUT2D eigenvalue weighted by molar-refractivity contribution is 7.89. The van der Waals surface area contributed by atoms with Gasteiger partial charge in [0.15, 0.2) is 6.10 Å². The van der Waals surface area contributed by atoms with Crippen molar-refractivity contribution in [1.29, 1.82) is 0 Å². The lowest BCUT2D eigenvalue weighted by Gasteiger charge is -2.31. The summed E-state index contributed by atoms with van der Waals surface area (Å²) in [5.41, 5.74) is 1.65. The zero-order valence-corrected chi connectivity index (χ0v) is 19.6. The molecule has 10 heteroatoms. The molecule has 2 N–H and O–H groups in total. The van der Waals surface area contributed by atoms with Crippen molar-refractivity contribution in [3.05, 3.63) is 42.0 Å². The number of nitrogens with zero attached hydrogens (tertiary/aromatic N) is 1. The van der Waals surface area contributed by atoms with Gasteiger partial charge in [-0.2, -0.15) is 4.31 Å². The Kier molecular flexibility index (Phi) is 6.31. The van der Waals surface area contributed by atoms with Gasteiger partial charge in [-0.05, 0) is 62.6 Å². The molecule has 2 aromatic carbocycles. The summed E-state index contributed by atoms with van der Waals surface area (Å²) in [6.45, 7) is 3.78. The Morgan fingerprint density at radius 3 is 2.48 bits per heavy atom. The average Bonchev–Trinajstić information content (AvgIpc) is 2.80. The third-order valence-electron chi connectivity index (χ3n) is 6.01. The van der Waals surface area contributed by atoms with Crippen molar-refractivity contribution in [2.75, 3.05) is 30.8 Å². The van der Waals surface area contributed by atoms with Gasteiger partial charge in [0.1, 0.15) is 11.5 Å². The van der Waals surface area contributed by atoms with E-state index in [2.05, 4.69) is 10.6 Å². The molecule has 2 aromatic rings. The molecule has 0 aliphatic carbocycles. The third-order valence-corrected chi connectivity index (χ3v) is 8.05. The maximum Gasteiger partial charge on any atom is 0.265 e. The first-order valence-corrected chi connectivity index (χ1v) is 12.2. The molecule has 1 atom stereocenters. The van der Waals surface area contributed by atoms with E-state index in [0.29, 0.717) is 41.3 Å². The number of ether oxygens (including phenoxy) is 2. The molecule has 2 aliphatic heterocycles. The maximum atomic E-state index is 13.3. The lowest BCUT2D eigenvalue weighted by Crippen LogP contribution is -2.41. The van der Waals surface area contributed by atoms with Crippen LogP contribution in [0.5, 0.6) is 11.5 Å². The van der Waals surface area contributed by atoms with Gasteiger partial charge in [-0.15, -0.1) is 0 Å². The number of piperidine rings is 1. The summed E-state index contributed by atoms with van der Waals surface area (Å²) in [5, 5.41) is 5.62. The molecule has 0 radical (unpaired) electrons. The van der Waals surface area contributed by atoms with E-state index in [1.54, 1.807) is 51.3 Å². The van der Waals surface area contributed by atoms with Crippen LogP contribution in [0.25, 0.3) is 0 Å². The summed E-state index contributed by atoms with van der Waals surface area (Å²) in [6.07, 6.45) is 0.152. The summed E-state index contributed by atoms with van der Waals surface area (Å²) in [6, 6.07) is 10.1. The standard InChI is InChI=1S/C23H27N3O6S/c1-14-12-19-20(32-15(2)22(27)25-19)13-21(14)33(29,30)26-10-8-16(9-11-26)23(28)24-17-4-6-18(31-3)7-5-17/h4-7,12-13,15-16H,8-11H2,1-3H3,(H,24,28)(H,25,27)/t15-/m0/s1. The number of anilines is 2. The highest BCUT2D eigenvalue weighted by Gasteiger charge is 2.34. The van der Waals surface area contributed by atoms with Crippen LogP contribution >= 0.6 is 0 Å². The second kappa shape index (κ2) is 9.03. The van der Waals surface area contributed by atoms with Gasteiger partial charge in [-0.3, -0.25) is 9.59 Å². The zero-order valence-electron chi connectivity index (χ0n) is 18.8. The van der Waals surface area contributed by atoms with E-state index in [4.69, 9.17) is 9.47 Å².